The Morgan fingerprint density at radius 3 is 2.68 bits per heavy atom. The van der Waals surface area contributed by atoms with Gasteiger partial charge in [-0.15, -0.1) is 0 Å². The van der Waals surface area contributed by atoms with E-state index in [-0.39, 0.29) is 37.5 Å². The highest BCUT2D eigenvalue weighted by molar-refractivity contribution is 5.90. The number of aryl methyl sites for hydroxylation is 2. The van der Waals surface area contributed by atoms with Crippen LogP contribution in [-0.2, 0) is 22.4 Å². The van der Waals surface area contributed by atoms with Crippen LogP contribution >= 0.6 is 0 Å². The van der Waals surface area contributed by atoms with Crippen molar-refractivity contribution >= 4 is 11.7 Å². The molecule has 1 aromatic carbocycles. The summed E-state index contributed by atoms with van der Waals surface area (Å²) in [5.74, 6) is 0.172. The van der Waals surface area contributed by atoms with E-state index in [0.29, 0.717) is 17.9 Å². The second kappa shape index (κ2) is 9.22. The number of aliphatic hydroxyl groups excluding tert-OH is 1. The topological polar surface area (TPSA) is 96.5 Å². The third-order valence-corrected chi connectivity index (χ3v) is 5.53. The van der Waals surface area contributed by atoms with Crippen molar-refractivity contribution in [1.82, 2.24) is 15.0 Å². The Morgan fingerprint density at radius 1 is 1.19 bits per heavy atom. The molecule has 1 saturated heterocycles. The van der Waals surface area contributed by atoms with E-state index in [0.717, 1.165) is 16.8 Å². The van der Waals surface area contributed by atoms with Crippen molar-refractivity contribution < 1.29 is 19.2 Å². The molecule has 160 valence electrons. The van der Waals surface area contributed by atoms with Gasteiger partial charge in [0.1, 0.15) is 5.76 Å². The van der Waals surface area contributed by atoms with Crippen molar-refractivity contribution in [2.75, 3.05) is 6.54 Å². The molecule has 1 aliphatic heterocycles. The molecule has 2 atom stereocenters. The Labute approximate surface area is 180 Å². The van der Waals surface area contributed by atoms with Crippen LogP contribution in [0.4, 0.5) is 0 Å². The number of aromatic nitrogens is 2. The number of nitrogens with zero attached hydrogens (tertiary/aromatic N) is 3. The van der Waals surface area contributed by atoms with Crippen molar-refractivity contribution in [1.29, 1.82) is 0 Å². The Hall–Kier alpha value is -3.32. The largest absolute Gasteiger partial charge is 0.391 e. The van der Waals surface area contributed by atoms with Gasteiger partial charge >= 0.3 is 0 Å². The van der Waals surface area contributed by atoms with Gasteiger partial charge in [0.25, 0.3) is 0 Å². The fourth-order valence-corrected chi connectivity index (χ4v) is 3.93. The first-order chi connectivity index (χ1) is 15.0. The van der Waals surface area contributed by atoms with Gasteiger partial charge in [-0.25, -0.2) is 0 Å². The summed E-state index contributed by atoms with van der Waals surface area (Å²) in [7, 11) is 0. The first kappa shape index (κ1) is 20.9. The zero-order valence-electron chi connectivity index (χ0n) is 17.4. The number of hydrogen-bond acceptors (Lipinski definition) is 6. The van der Waals surface area contributed by atoms with Crippen LogP contribution in [0.5, 0.6) is 0 Å². The fraction of sp³-hybridized carbons (Fsp3) is 0.333. The Bertz CT molecular complexity index is 1050. The first-order valence-electron chi connectivity index (χ1n) is 10.4. The Morgan fingerprint density at radius 2 is 2.00 bits per heavy atom. The van der Waals surface area contributed by atoms with Gasteiger partial charge in [-0.05, 0) is 25.0 Å². The van der Waals surface area contributed by atoms with Gasteiger partial charge in [0.2, 0.25) is 5.91 Å². The summed E-state index contributed by atoms with van der Waals surface area (Å²) in [5, 5.41) is 13.9. The van der Waals surface area contributed by atoms with E-state index >= 15 is 0 Å². The lowest BCUT2D eigenvalue weighted by molar-refractivity contribution is -0.137. The summed E-state index contributed by atoms with van der Waals surface area (Å²) in [4.78, 5) is 31.5. The van der Waals surface area contributed by atoms with Crippen molar-refractivity contribution in [3.63, 3.8) is 0 Å². The number of β-amino-alcohol motifs (C(OH)–C–C–N with tert-alkyl or cyclic N) is 1. The van der Waals surface area contributed by atoms with Crippen molar-refractivity contribution in [2.24, 2.45) is 0 Å². The summed E-state index contributed by atoms with van der Waals surface area (Å²) >= 11 is 0. The standard InChI is InChI=1S/C24H25N3O4/c1-16-11-20(31-26-16)13-24(30)27-15-19(28)12-22(27)23(29)10-8-17-7-9-21(25-14-17)18-5-3-2-4-6-18/h2-7,9,11,14,19,22,28H,8,10,12-13,15H2,1H3/t19-,22+/m1/s1. The molecule has 0 spiro atoms. The molecule has 7 nitrogen and oxygen atoms in total. The third-order valence-electron chi connectivity index (χ3n) is 5.53. The van der Waals surface area contributed by atoms with Crippen molar-refractivity contribution in [3.05, 3.63) is 71.7 Å². The number of rotatable bonds is 7. The average Bonchev–Trinajstić information content (AvgIpc) is 3.38. The normalized spacial score (nSPS) is 18.3. The molecule has 1 N–H and O–H groups in total. The fourth-order valence-electron chi connectivity index (χ4n) is 3.93. The summed E-state index contributed by atoms with van der Waals surface area (Å²) in [5.41, 5.74) is 3.58. The maximum Gasteiger partial charge on any atom is 0.231 e. The van der Waals surface area contributed by atoms with E-state index in [4.69, 9.17) is 4.52 Å². The molecule has 0 bridgehead atoms. The van der Waals surface area contributed by atoms with Gasteiger partial charge < -0.3 is 14.5 Å². The van der Waals surface area contributed by atoms with Crippen LogP contribution in [0.3, 0.4) is 0 Å². The lowest BCUT2D eigenvalue weighted by Gasteiger charge is -2.23. The smallest absolute Gasteiger partial charge is 0.231 e. The number of ketones is 1. The van der Waals surface area contributed by atoms with Crippen LogP contribution in [0.15, 0.2) is 59.3 Å². The maximum absolute atomic E-state index is 12.9. The quantitative estimate of drug-likeness (QED) is 0.633. The Balaban J connectivity index is 1.36. The lowest BCUT2D eigenvalue weighted by Crippen LogP contribution is -2.41. The van der Waals surface area contributed by atoms with Crippen molar-refractivity contribution in [3.8, 4) is 11.3 Å². The van der Waals surface area contributed by atoms with Gasteiger partial charge in [-0.3, -0.25) is 14.6 Å². The number of pyridine rings is 1. The molecule has 0 aliphatic carbocycles. The van der Waals surface area contributed by atoms with E-state index < -0.39 is 12.1 Å². The van der Waals surface area contributed by atoms with E-state index in [9.17, 15) is 14.7 Å². The second-order valence-corrected chi connectivity index (χ2v) is 7.95. The number of aliphatic hydroxyl groups is 1. The number of amides is 1. The summed E-state index contributed by atoms with van der Waals surface area (Å²) in [6.07, 6.45) is 2.22. The summed E-state index contributed by atoms with van der Waals surface area (Å²) in [6.45, 7) is 1.94. The molecule has 1 fully saturated rings. The zero-order valence-corrected chi connectivity index (χ0v) is 17.4. The van der Waals surface area contributed by atoms with Gasteiger partial charge in [0.05, 0.1) is 30.0 Å². The number of Topliss-reactive ketones (excluding diaryl/α,β-unsaturated/α-hetero) is 1. The number of likely N-dealkylation sites (tertiary alicyclic amines) is 1. The lowest BCUT2D eigenvalue weighted by atomic mass is 10.0. The molecule has 0 unspecified atom stereocenters. The van der Waals surface area contributed by atoms with E-state index in [2.05, 4.69) is 10.1 Å². The van der Waals surface area contributed by atoms with E-state index in [1.54, 1.807) is 19.2 Å². The Kier molecular flexibility index (Phi) is 6.23. The molecular formula is C24H25N3O4. The predicted molar refractivity (Wildman–Crippen MR) is 114 cm³/mol. The summed E-state index contributed by atoms with van der Waals surface area (Å²) in [6, 6.07) is 14.9. The molecule has 2 aromatic heterocycles. The number of carbonyl (C=O) groups excluding carboxylic acids is 2. The molecule has 4 rings (SSSR count). The predicted octanol–water partition coefficient (Wildman–Crippen LogP) is 2.75. The van der Waals surface area contributed by atoms with Crippen LogP contribution in [-0.4, -0.2) is 50.5 Å². The minimum absolute atomic E-state index is 0.0300. The number of benzene rings is 1. The summed E-state index contributed by atoms with van der Waals surface area (Å²) < 4.78 is 5.11. The van der Waals surface area contributed by atoms with Crippen molar-refractivity contribution in [2.45, 2.75) is 44.8 Å². The van der Waals surface area contributed by atoms with E-state index in [1.807, 2.05) is 42.5 Å². The van der Waals surface area contributed by atoms with Crippen LogP contribution in [0.25, 0.3) is 11.3 Å². The molecule has 0 saturated carbocycles. The number of hydrogen-bond donors (Lipinski definition) is 1. The molecule has 0 radical (unpaired) electrons. The average molecular weight is 419 g/mol. The zero-order chi connectivity index (χ0) is 21.8. The molecule has 1 amide bonds. The van der Waals surface area contributed by atoms with Gasteiger partial charge in [-0.2, -0.15) is 0 Å². The van der Waals surface area contributed by atoms with Crippen LogP contribution in [0.2, 0.25) is 0 Å². The highest BCUT2D eigenvalue weighted by Gasteiger charge is 2.38. The monoisotopic (exact) mass is 419 g/mol. The highest BCUT2D eigenvalue weighted by atomic mass is 16.5. The highest BCUT2D eigenvalue weighted by Crippen LogP contribution is 2.23. The van der Waals surface area contributed by atoms with Gasteiger partial charge in [0.15, 0.2) is 5.78 Å². The molecule has 1 aliphatic rings. The first-order valence-corrected chi connectivity index (χ1v) is 10.4. The third kappa shape index (κ3) is 5.06. The van der Waals surface area contributed by atoms with Crippen LogP contribution in [0, 0.1) is 6.92 Å². The molecular weight excluding hydrogens is 394 g/mol. The molecule has 3 aromatic rings. The SMILES string of the molecule is Cc1cc(CC(=O)N2C[C@H](O)C[C@H]2C(=O)CCc2ccc(-c3ccccc3)nc2)on1. The number of carbonyl (C=O) groups is 2. The second-order valence-electron chi connectivity index (χ2n) is 7.95. The minimum atomic E-state index is -0.693. The minimum Gasteiger partial charge on any atom is -0.391 e. The van der Waals surface area contributed by atoms with E-state index in [1.165, 1.54) is 4.90 Å². The molecule has 3 heterocycles. The van der Waals surface area contributed by atoms with Crippen LogP contribution < -0.4 is 0 Å². The maximum atomic E-state index is 12.9. The van der Waals surface area contributed by atoms with Gasteiger partial charge in [0, 0.05) is 37.2 Å². The molecule has 7 heteroatoms. The van der Waals surface area contributed by atoms with Crippen LogP contribution in [0.1, 0.15) is 29.9 Å². The molecule has 31 heavy (non-hydrogen) atoms. The van der Waals surface area contributed by atoms with Gasteiger partial charge in [-0.1, -0.05) is 41.6 Å².